The number of hydrogen-bond donors (Lipinski definition) is 1. The molecule has 2 aliphatic rings. The highest BCUT2D eigenvalue weighted by molar-refractivity contribution is 4.92. The normalized spacial score (nSPS) is 34.6. The third-order valence-electron chi connectivity index (χ3n) is 3.60. The number of nitrogens with zero attached hydrogens (tertiary/aromatic N) is 1. The first kappa shape index (κ1) is 10.2. The molecule has 0 aromatic carbocycles. The zero-order chi connectivity index (χ0) is 9.80. The van der Waals surface area contributed by atoms with Gasteiger partial charge in [0.2, 0.25) is 0 Å². The molecule has 0 radical (unpaired) electrons. The van der Waals surface area contributed by atoms with Crippen molar-refractivity contribution in [1.29, 1.82) is 0 Å². The van der Waals surface area contributed by atoms with Crippen LogP contribution >= 0.6 is 0 Å². The van der Waals surface area contributed by atoms with Gasteiger partial charge in [0.25, 0.3) is 0 Å². The Morgan fingerprint density at radius 2 is 2.07 bits per heavy atom. The van der Waals surface area contributed by atoms with Gasteiger partial charge in [-0.3, -0.25) is 4.90 Å². The quantitative estimate of drug-likeness (QED) is 0.679. The lowest BCUT2D eigenvalue weighted by molar-refractivity contribution is 0.195. The maximum atomic E-state index is 6.15. The Labute approximate surface area is 87.2 Å². The van der Waals surface area contributed by atoms with Gasteiger partial charge in [-0.2, -0.15) is 0 Å². The van der Waals surface area contributed by atoms with Gasteiger partial charge in [0.15, 0.2) is 0 Å². The second kappa shape index (κ2) is 4.94. The lowest BCUT2D eigenvalue weighted by Gasteiger charge is -2.34. The summed E-state index contributed by atoms with van der Waals surface area (Å²) in [6.07, 6.45) is 11.1. The van der Waals surface area contributed by atoms with Crippen LogP contribution in [0.2, 0.25) is 0 Å². The van der Waals surface area contributed by atoms with Gasteiger partial charge in [0, 0.05) is 25.7 Å². The largest absolute Gasteiger partial charge is 0.327 e. The molecule has 0 amide bonds. The minimum atomic E-state index is 0.467. The first-order chi connectivity index (χ1) is 6.86. The predicted molar refractivity (Wildman–Crippen MR) is 60.1 cm³/mol. The molecule has 2 unspecified atom stereocenters. The van der Waals surface area contributed by atoms with Crippen molar-refractivity contribution in [2.45, 2.75) is 38.1 Å². The summed E-state index contributed by atoms with van der Waals surface area (Å²) in [4.78, 5) is 2.55. The van der Waals surface area contributed by atoms with Crippen molar-refractivity contribution in [3.05, 3.63) is 12.2 Å². The summed E-state index contributed by atoms with van der Waals surface area (Å²) in [6, 6.07) is 0.467. The van der Waals surface area contributed by atoms with E-state index in [1.165, 1.54) is 45.2 Å². The highest BCUT2D eigenvalue weighted by Crippen LogP contribution is 2.24. The summed E-state index contributed by atoms with van der Waals surface area (Å²) < 4.78 is 0. The van der Waals surface area contributed by atoms with Crippen LogP contribution in [0, 0.1) is 5.92 Å². The van der Waals surface area contributed by atoms with Crippen LogP contribution in [0.25, 0.3) is 0 Å². The molecular formula is C12H22N2. The molecule has 1 aliphatic heterocycles. The predicted octanol–water partition coefficient (Wildman–Crippen LogP) is 1.77. The van der Waals surface area contributed by atoms with E-state index in [0.29, 0.717) is 6.04 Å². The Kier molecular flexibility index (Phi) is 3.60. The van der Waals surface area contributed by atoms with E-state index in [0.717, 1.165) is 12.5 Å². The zero-order valence-corrected chi connectivity index (χ0v) is 8.99. The molecule has 0 bridgehead atoms. The average Bonchev–Trinajstić information content (AvgIpc) is 2.23. The summed E-state index contributed by atoms with van der Waals surface area (Å²) in [5, 5.41) is 0. The smallest absolute Gasteiger partial charge is 0.0163 e. The van der Waals surface area contributed by atoms with Crippen LogP contribution < -0.4 is 5.73 Å². The second-order valence-electron chi connectivity index (χ2n) is 4.73. The van der Waals surface area contributed by atoms with Crippen molar-refractivity contribution in [2.75, 3.05) is 19.6 Å². The molecule has 2 nitrogen and oxygen atoms in total. The Bertz CT molecular complexity index is 200. The Balaban J connectivity index is 1.80. The summed E-state index contributed by atoms with van der Waals surface area (Å²) in [6.45, 7) is 3.61. The van der Waals surface area contributed by atoms with Crippen molar-refractivity contribution in [1.82, 2.24) is 4.90 Å². The van der Waals surface area contributed by atoms with Crippen LogP contribution in [-0.2, 0) is 0 Å². The Hall–Kier alpha value is -0.340. The van der Waals surface area contributed by atoms with Crippen LogP contribution in [0.1, 0.15) is 32.1 Å². The number of hydrogen-bond acceptors (Lipinski definition) is 2. The standard InChI is InChI=1S/C12H22N2/c13-12-7-3-2-6-11(12)10-14-8-4-1-5-9-14/h1,4,11-12H,2-3,5-10,13H2. The first-order valence-corrected chi connectivity index (χ1v) is 5.99. The molecule has 0 spiro atoms. The van der Waals surface area contributed by atoms with Gasteiger partial charge < -0.3 is 5.73 Å². The number of rotatable bonds is 2. The van der Waals surface area contributed by atoms with Crippen LogP contribution in [0.15, 0.2) is 12.2 Å². The van der Waals surface area contributed by atoms with Crippen LogP contribution in [0.5, 0.6) is 0 Å². The Morgan fingerprint density at radius 3 is 2.79 bits per heavy atom. The fourth-order valence-electron chi connectivity index (χ4n) is 2.65. The molecule has 1 heterocycles. The molecule has 0 aromatic heterocycles. The monoisotopic (exact) mass is 194 g/mol. The van der Waals surface area contributed by atoms with E-state index in [9.17, 15) is 0 Å². The zero-order valence-electron chi connectivity index (χ0n) is 8.99. The van der Waals surface area contributed by atoms with Crippen molar-refractivity contribution in [3.8, 4) is 0 Å². The molecule has 14 heavy (non-hydrogen) atoms. The van der Waals surface area contributed by atoms with Crippen LogP contribution in [-0.4, -0.2) is 30.6 Å². The van der Waals surface area contributed by atoms with Crippen molar-refractivity contribution < 1.29 is 0 Å². The highest BCUT2D eigenvalue weighted by Gasteiger charge is 2.23. The average molecular weight is 194 g/mol. The van der Waals surface area contributed by atoms with E-state index in [4.69, 9.17) is 5.73 Å². The summed E-state index contributed by atoms with van der Waals surface area (Å²) in [5.41, 5.74) is 6.15. The molecule has 0 aromatic rings. The lowest BCUT2D eigenvalue weighted by atomic mass is 9.84. The fourth-order valence-corrected chi connectivity index (χ4v) is 2.65. The molecule has 1 fully saturated rings. The molecule has 2 heteroatoms. The van der Waals surface area contributed by atoms with Gasteiger partial charge in [-0.05, 0) is 25.2 Å². The fraction of sp³-hybridized carbons (Fsp3) is 0.833. The van der Waals surface area contributed by atoms with E-state index in [2.05, 4.69) is 17.1 Å². The molecular weight excluding hydrogens is 172 g/mol. The van der Waals surface area contributed by atoms with Crippen LogP contribution in [0.3, 0.4) is 0 Å². The van der Waals surface area contributed by atoms with Crippen molar-refractivity contribution in [3.63, 3.8) is 0 Å². The third kappa shape index (κ3) is 2.58. The van der Waals surface area contributed by atoms with E-state index in [1.54, 1.807) is 0 Å². The topological polar surface area (TPSA) is 29.3 Å². The molecule has 1 aliphatic carbocycles. The summed E-state index contributed by atoms with van der Waals surface area (Å²) >= 11 is 0. The van der Waals surface area contributed by atoms with E-state index < -0.39 is 0 Å². The second-order valence-corrected chi connectivity index (χ2v) is 4.73. The summed E-state index contributed by atoms with van der Waals surface area (Å²) in [7, 11) is 0. The van der Waals surface area contributed by atoms with Gasteiger partial charge in [-0.1, -0.05) is 25.0 Å². The molecule has 2 rings (SSSR count). The number of nitrogens with two attached hydrogens (primary N) is 1. The Morgan fingerprint density at radius 1 is 1.21 bits per heavy atom. The van der Waals surface area contributed by atoms with Crippen LogP contribution in [0.4, 0.5) is 0 Å². The lowest BCUT2D eigenvalue weighted by Crippen LogP contribution is -2.42. The summed E-state index contributed by atoms with van der Waals surface area (Å²) in [5.74, 6) is 0.759. The SMILES string of the molecule is NC1CCCCC1CN1CC=CCC1. The highest BCUT2D eigenvalue weighted by atomic mass is 15.1. The van der Waals surface area contributed by atoms with Crippen molar-refractivity contribution in [2.24, 2.45) is 11.7 Å². The van der Waals surface area contributed by atoms with Gasteiger partial charge in [0.1, 0.15) is 0 Å². The molecule has 1 saturated carbocycles. The molecule has 2 N–H and O–H groups in total. The van der Waals surface area contributed by atoms with Gasteiger partial charge in [-0.15, -0.1) is 0 Å². The van der Waals surface area contributed by atoms with Gasteiger partial charge >= 0.3 is 0 Å². The van der Waals surface area contributed by atoms with E-state index in [-0.39, 0.29) is 0 Å². The minimum absolute atomic E-state index is 0.467. The maximum Gasteiger partial charge on any atom is 0.0163 e. The van der Waals surface area contributed by atoms with Gasteiger partial charge in [-0.25, -0.2) is 0 Å². The third-order valence-corrected chi connectivity index (χ3v) is 3.60. The van der Waals surface area contributed by atoms with Crippen molar-refractivity contribution >= 4 is 0 Å². The molecule has 80 valence electrons. The molecule has 0 saturated heterocycles. The first-order valence-electron chi connectivity index (χ1n) is 5.99. The minimum Gasteiger partial charge on any atom is -0.327 e. The van der Waals surface area contributed by atoms with E-state index in [1.807, 2.05) is 0 Å². The van der Waals surface area contributed by atoms with E-state index >= 15 is 0 Å². The maximum absolute atomic E-state index is 6.15. The van der Waals surface area contributed by atoms with Gasteiger partial charge in [0.05, 0.1) is 0 Å². The molecule has 2 atom stereocenters.